The van der Waals surface area contributed by atoms with Gasteiger partial charge >= 0.3 is 5.97 Å². The van der Waals surface area contributed by atoms with Crippen LogP contribution in [-0.4, -0.2) is 47.0 Å². The summed E-state index contributed by atoms with van der Waals surface area (Å²) >= 11 is 0. The van der Waals surface area contributed by atoms with Crippen molar-refractivity contribution in [3.63, 3.8) is 0 Å². The van der Waals surface area contributed by atoms with Gasteiger partial charge in [-0.3, -0.25) is 9.69 Å². The zero-order chi connectivity index (χ0) is 20.2. The number of ketones is 1. The van der Waals surface area contributed by atoms with E-state index in [-0.39, 0.29) is 11.6 Å². The summed E-state index contributed by atoms with van der Waals surface area (Å²) in [5.74, 6) is 0.713. The molecule has 0 amide bonds. The van der Waals surface area contributed by atoms with Crippen molar-refractivity contribution in [2.75, 3.05) is 13.2 Å². The summed E-state index contributed by atoms with van der Waals surface area (Å²) in [6, 6.07) is 17.1. The second kappa shape index (κ2) is 8.78. The highest BCUT2D eigenvalue weighted by Gasteiger charge is 2.48. The second-order valence-corrected chi connectivity index (χ2v) is 8.04. The minimum atomic E-state index is -0.928. The van der Waals surface area contributed by atoms with Gasteiger partial charge in [0.1, 0.15) is 12.4 Å². The molecule has 0 aromatic heterocycles. The summed E-state index contributed by atoms with van der Waals surface area (Å²) < 4.78 is 5.86. The summed E-state index contributed by atoms with van der Waals surface area (Å²) in [4.78, 5) is 26.4. The number of Topliss-reactive ketones (excluding diaryl/α,β-unsaturated/α-hetero) is 1. The molecule has 5 heteroatoms. The third-order valence-electron chi connectivity index (χ3n) is 6.27. The number of aryl methyl sites for hydroxylation is 1. The highest BCUT2D eigenvalue weighted by molar-refractivity contribution is 5.87. The van der Waals surface area contributed by atoms with E-state index in [1.54, 1.807) is 12.1 Å². The molecule has 1 N–H and O–H groups in total. The number of ether oxygens (including phenoxy) is 1. The van der Waals surface area contributed by atoms with Crippen LogP contribution in [0, 0.1) is 5.92 Å². The van der Waals surface area contributed by atoms with Gasteiger partial charge in [0, 0.05) is 19.0 Å². The van der Waals surface area contributed by atoms with Gasteiger partial charge in [0.15, 0.2) is 5.78 Å². The Balaban J connectivity index is 1.32. The Labute approximate surface area is 171 Å². The maximum Gasteiger partial charge on any atom is 0.335 e. The van der Waals surface area contributed by atoms with E-state index in [1.165, 1.54) is 6.42 Å². The SMILES string of the molecule is O=C(O)c1ccc(CCC(=O)[C@H]2[C@@H]3CC[C@@H](C3)N2CCOc2ccccc2)cc1. The lowest BCUT2D eigenvalue weighted by molar-refractivity contribution is -0.126. The highest BCUT2D eigenvalue weighted by Crippen LogP contribution is 2.43. The van der Waals surface area contributed by atoms with Crippen LogP contribution in [0.3, 0.4) is 0 Å². The van der Waals surface area contributed by atoms with Crippen LogP contribution in [0.5, 0.6) is 5.75 Å². The fourth-order valence-electron chi connectivity index (χ4n) is 4.86. The fraction of sp³-hybridized carbons (Fsp3) is 0.417. The van der Waals surface area contributed by atoms with Crippen molar-refractivity contribution >= 4 is 11.8 Å². The van der Waals surface area contributed by atoms with Crippen LogP contribution in [0.2, 0.25) is 0 Å². The molecule has 1 heterocycles. The number of fused-ring (bicyclic) bond motifs is 2. The van der Waals surface area contributed by atoms with Crippen molar-refractivity contribution in [2.45, 2.75) is 44.2 Å². The largest absolute Gasteiger partial charge is 0.492 e. The number of hydrogen-bond donors (Lipinski definition) is 1. The van der Waals surface area contributed by atoms with Crippen molar-refractivity contribution in [1.29, 1.82) is 0 Å². The topological polar surface area (TPSA) is 66.8 Å². The number of para-hydroxylation sites is 1. The molecule has 5 nitrogen and oxygen atoms in total. The maximum atomic E-state index is 13.1. The first kappa shape index (κ1) is 19.6. The number of aromatic carboxylic acids is 1. The smallest absolute Gasteiger partial charge is 0.335 e. The molecule has 1 saturated carbocycles. The van der Waals surface area contributed by atoms with Gasteiger partial charge in [0.25, 0.3) is 0 Å². The molecule has 4 rings (SSSR count). The molecule has 2 aliphatic rings. The van der Waals surface area contributed by atoms with E-state index >= 15 is 0 Å². The molecule has 152 valence electrons. The summed E-state index contributed by atoms with van der Waals surface area (Å²) in [6.07, 6.45) is 4.59. The van der Waals surface area contributed by atoms with Gasteiger partial charge in [-0.05, 0) is 61.4 Å². The Kier molecular flexibility index (Phi) is 5.95. The van der Waals surface area contributed by atoms with Crippen LogP contribution in [0.25, 0.3) is 0 Å². The Morgan fingerprint density at radius 3 is 2.52 bits per heavy atom. The van der Waals surface area contributed by atoms with Gasteiger partial charge < -0.3 is 9.84 Å². The van der Waals surface area contributed by atoms with Gasteiger partial charge in [-0.15, -0.1) is 0 Å². The molecular weight excluding hydrogens is 366 g/mol. The van der Waals surface area contributed by atoms with Crippen LogP contribution in [0.4, 0.5) is 0 Å². The average molecular weight is 393 g/mol. The molecule has 29 heavy (non-hydrogen) atoms. The van der Waals surface area contributed by atoms with Gasteiger partial charge in [-0.25, -0.2) is 4.79 Å². The predicted molar refractivity (Wildman–Crippen MR) is 110 cm³/mol. The molecule has 0 spiro atoms. The molecule has 0 unspecified atom stereocenters. The number of rotatable bonds is 9. The quantitative estimate of drug-likeness (QED) is 0.702. The van der Waals surface area contributed by atoms with Gasteiger partial charge in [0.05, 0.1) is 11.6 Å². The lowest BCUT2D eigenvalue weighted by Crippen LogP contribution is -2.47. The average Bonchev–Trinajstić information content (AvgIpc) is 3.35. The number of carbonyl (C=O) groups excluding carboxylic acids is 1. The normalized spacial score (nSPS) is 23.2. The standard InChI is InChI=1S/C24H27NO4/c26-22(13-8-17-6-9-18(10-7-17)24(27)28)23-19-11-12-20(16-19)25(23)14-15-29-21-4-2-1-3-5-21/h1-7,9-10,19-20,23H,8,11-16H2,(H,27,28)/t19-,20+,23-/m1/s1. The summed E-state index contributed by atoms with van der Waals surface area (Å²) in [6.45, 7) is 1.37. The number of carboxylic acids is 1. The molecule has 2 aromatic carbocycles. The van der Waals surface area contributed by atoms with E-state index in [9.17, 15) is 9.59 Å². The monoisotopic (exact) mass is 393 g/mol. The van der Waals surface area contributed by atoms with Crippen molar-refractivity contribution < 1.29 is 19.4 Å². The minimum absolute atomic E-state index is 0.00594. The number of carbonyl (C=O) groups is 2. The Hall–Kier alpha value is -2.66. The van der Waals surface area contributed by atoms with Crippen molar-refractivity contribution in [3.05, 3.63) is 65.7 Å². The van der Waals surface area contributed by atoms with Gasteiger partial charge in [-0.1, -0.05) is 30.3 Å². The molecule has 1 aliphatic heterocycles. The fourth-order valence-corrected chi connectivity index (χ4v) is 4.86. The van der Waals surface area contributed by atoms with E-state index in [0.717, 1.165) is 30.7 Å². The second-order valence-electron chi connectivity index (χ2n) is 8.04. The molecule has 0 radical (unpaired) electrons. The van der Waals surface area contributed by atoms with Crippen LogP contribution in [0.1, 0.15) is 41.6 Å². The van der Waals surface area contributed by atoms with E-state index in [4.69, 9.17) is 9.84 Å². The Morgan fingerprint density at radius 2 is 1.79 bits per heavy atom. The number of benzene rings is 2. The molecule has 2 fully saturated rings. The number of piperidine rings is 1. The Bertz CT molecular complexity index is 849. The van der Waals surface area contributed by atoms with Crippen molar-refractivity contribution in [3.8, 4) is 5.75 Å². The molecule has 2 aromatic rings. The van der Waals surface area contributed by atoms with Crippen LogP contribution < -0.4 is 4.74 Å². The zero-order valence-corrected chi connectivity index (χ0v) is 16.5. The van der Waals surface area contributed by atoms with E-state index in [0.29, 0.717) is 37.2 Å². The summed E-state index contributed by atoms with van der Waals surface area (Å²) in [5.41, 5.74) is 1.28. The lowest BCUT2D eigenvalue weighted by Gasteiger charge is -2.34. The van der Waals surface area contributed by atoms with Crippen LogP contribution in [-0.2, 0) is 11.2 Å². The number of carboxylic acid groups (broad SMARTS) is 1. The first-order valence-corrected chi connectivity index (χ1v) is 10.4. The number of hydrogen-bond acceptors (Lipinski definition) is 4. The van der Waals surface area contributed by atoms with Crippen molar-refractivity contribution in [2.24, 2.45) is 5.92 Å². The lowest BCUT2D eigenvalue weighted by atomic mass is 9.92. The number of nitrogens with zero attached hydrogens (tertiary/aromatic N) is 1. The van der Waals surface area contributed by atoms with Gasteiger partial charge in [0.2, 0.25) is 0 Å². The molecular formula is C24H27NO4. The third kappa shape index (κ3) is 4.51. The minimum Gasteiger partial charge on any atom is -0.492 e. The third-order valence-corrected chi connectivity index (χ3v) is 6.27. The van der Waals surface area contributed by atoms with Crippen molar-refractivity contribution in [1.82, 2.24) is 4.90 Å². The van der Waals surface area contributed by atoms with Crippen LogP contribution >= 0.6 is 0 Å². The van der Waals surface area contributed by atoms with Gasteiger partial charge in [-0.2, -0.15) is 0 Å². The van der Waals surface area contributed by atoms with E-state index in [2.05, 4.69) is 4.90 Å². The summed E-state index contributed by atoms with van der Waals surface area (Å²) in [5, 5.41) is 9.00. The molecule has 2 bridgehead atoms. The summed E-state index contributed by atoms with van der Waals surface area (Å²) in [7, 11) is 0. The first-order chi connectivity index (χ1) is 14.1. The zero-order valence-electron chi connectivity index (χ0n) is 16.5. The molecule has 1 saturated heterocycles. The molecule has 3 atom stereocenters. The Morgan fingerprint density at radius 1 is 1.03 bits per heavy atom. The highest BCUT2D eigenvalue weighted by atomic mass is 16.5. The van der Waals surface area contributed by atoms with E-state index in [1.807, 2.05) is 42.5 Å². The molecule has 1 aliphatic carbocycles. The number of likely N-dealkylation sites (tertiary alicyclic amines) is 1. The maximum absolute atomic E-state index is 13.1. The van der Waals surface area contributed by atoms with E-state index < -0.39 is 5.97 Å². The first-order valence-electron chi connectivity index (χ1n) is 10.4. The van der Waals surface area contributed by atoms with Crippen LogP contribution in [0.15, 0.2) is 54.6 Å². The predicted octanol–water partition coefficient (Wildman–Crippen LogP) is 3.82.